The zero-order valence-corrected chi connectivity index (χ0v) is 15.4. The monoisotopic (exact) mass is 377 g/mol. The number of halogens is 2. The largest absolute Gasteiger partial charge is 0.347 e. The van der Waals surface area contributed by atoms with Crippen molar-refractivity contribution in [1.29, 1.82) is 0 Å². The van der Waals surface area contributed by atoms with Crippen molar-refractivity contribution < 1.29 is 13.6 Å². The van der Waals surface area contributed by atoms with E-state index in [2.05, 4.69) is 15.6 Å². The number of hydrogen-bond donors (Lipinski definition) is 2. The van der Waals surface area contributed by atoms with E-state index in [0.29, 0.717) is 16.2 Å². The molecular formula is C19H21F2N3OS. The maximum atomic E-state index is 13.3. The number of benzene rings is 1. The molecule has 1 aromatic carbocycles. The Hall–Kier alpha value is -2.02. The van der Waals surface area contributed by atoms with Crippen LogP contribution in [0.4, 0.5) is 19.6 Å². The van der Waals surface area contributed by atoms with Gasteiger partial charge in [0, 0.05) is 22.7 Å². The van der Waals surface area contributed by atoms with Gasteiger partial charge < -0.3 is 10.6 Å². The average Bonchev–Trinajstić information content (AvgIpc) is 3.19. The molecule has 1 heterocycles. The van der Waals surface area contributed by atoms with E-state index in [-0.39, 0.29) is 17.6 Å². The first-order valence-corrected chi connectivity index (χ1v) is 9.78. The number of carbonyl (C=O) groups is 1. The smallest absolute Gasteiger partial charge is 0.271 e. The van der Waals surface area contributed by atoms with Gasteiger partial charge in [0.1, 0.15) is 17.3 Å². The molecular weight excluding hydrogens is 356 g/mol. The number of carbonyl (C=O) groups excluding carboxylic acids is 1. The summed E-state index contributed by atoms with van der Waals surface area (Å²) in [6.45, 7) is 1.83. The predicted molar refractivity (Wildman–Crippen MR) is 97.9 cm³/mol. The quantitative estimate of drug-likeness (QED) is 0.795. The minimum absolute atomic E-state index is 0.159. The molecule has 0 unspecified atom stereocenters. The van der Waals surface area contributed by atoms with Gasteiger partial charge in [-0.2, -0.15) is 0 Å². The summed E-state index contributed by atoms with van der Waals surface area (Å²) >= 11 is 1.30. The standard InChI is InChI=1S/C19H21F2N3OS/c1-11-16(17(25)23-15-4-7-19(15)5-2-3-6-19)24-18(26-11)22-14-9-12(20)8-13(21)10-14/h8-10,15H,2-7H2,1H3,(H,22,24)(H,23,25)/t15-/m1/s1. The number of amides is 1. The zero-order chi connectivity index (χ0) is 18.3. The molecule has 0 saturated heterocycles. The van der Waals surface area contributed by atoms with Gasteiger partial charge in [0.2, 0.25) is 0 Å². The van der Waals surface area contributed by atoms with Crippen LogP contribution in [-0.4, -0.2) is 16.9 Å². The minimum Gasteiger partial charge on any atom is -0.347 e. The molecule has 1 amide bonds. The van der Waals surface area contributed by atoms with E-state index in [4.69, 9.17) is 0 Å². The van der Waals surface area contributed by atoms with Crippen molar-refractivity contribution in [2.24, 2.45) is 5.41 Å². The number of nitrogens with zero attached hydrogens (tertiary/aromatic N) is 1. The third-order valence-corrected chi connectivity index (χ3v) is 6.59. The van der Waals surface area contributed by atoms with Crippen LogP contribution in [0, 0.1) is 24.0 Å². The number of rotatable bonds is 4. The lowest BCUT2D eigenvalue weighted by atomic mass is 9.63. The molecule has 2 aliphatic rings. The van der Waals surface area contributed by atoms with Crippen LogP contribution in [0.3, 0.4) is 0 Å². The lowest BCUT2D eigenvalue weighted by Gasteiger charge is -2.47. The fraction of sp³-hybridized carbons (Fsp3) is 0.474. The fourth-order valence-electron chi connectivity index (χ4n) is 4.24. The van der Waals surface area contributed by atoms with Gasteiger partial charge in [-0.3, -0.25) is 4.79 Å². The van der Waals surface area contributed by atoms with Crippen molar-refractivity contribution in [3.63, 3.8) is 0 Å². The summed E-state index contributed by atoms with van der Waals surface area (Å²) < 4.78 is 26.6. The van der Waals surface area contributed by atoms with Gasteiger partial charge in [-0.1, -0.05) is 12.8 Å². The van der Waals surface area contributed by atoms with Gasteiger partial charge in [0.15, 0.2) is 5.13 Å². The maximum absolute atomic E-state index is 13.3. The molecule has 26 heavy (non-hydrogen) atoms. The second-order valence-electron chi connectivity index (χ2n) is 7.34. The second-order valence-corrected chi connectivity index (χ2v) is 8.54. The highest BCUT2D eigenvalue weighted by atomic mass is 32.1. The number of aryl methyl sites for hydroxylation is 1. The first-order chi connectivity index (χ1) is 12.4. The number of aromatic nitrogens is 1. The van der Waals surface area contributed by atoms with Gasteiger partial charge in [-0.25, -0.2) is 13.8 Å². The average molecular weight is 377 g/mol. The SMILES string of the molecule is Cc1sc(Nc2cc(F)cc(F)c2)nc1C(=O)N[C@@H]1CCC12CCCC2. The molecule has 2 saturated carbocycles. The van der Waals surface area contributed by atoms with Crippen LogP contribution in [0.15, 0.2) is 18.2 Å². The molecule has 4 nitrogen and oxygen atoms in total. The zero-order valence-electron chi connectivity index (χ0n) is 14.6. The molecule has 4 rings (SSSR count). The molecule has 0 radical (unpaired) electrons. The Kier molecular flexibility index (Phi) is 4.42. The molecule has 7 heteroatoms. The van der Waals surface area contributed by atoms with Crippen LogP contribution in [0.25, 0.3) is 0 Å². The van der Waals surface area contributed by atoms with Crippen LogP contribution in [0.1, 0.15) is 53.9 Å². The molecule has 2 fully saturated rings. The molecule has 0 aliphatic heterocycles. The van der Waals surface area contributed by atoms with E-state index in [1.54, 1.807) is 0 Å². The number of thiazole rings is 1. The maximum Gasteiger partial charge on any atom is 0.271 e. The summed E-state index contributed by atoms with van der Waals surface area (Å²) in [5.41, 5.74) is 0.960. The lowest BCUT2D eigenvalue weighted by Crippen LogP contribution is -2.54. The Labute approximate surface area is 155 Å². The second kappa shape index (κ2) is 6.61. The van der Waals surface area contributed by atoms with Crippen LogP contribution in [0.5, 0.6) is 0 Å². The van der Waals surface area contributed by atoms with E-state index >= 15 is 0 Å². The summed E-state index contributed by atoms with van der Waals surface area (Å²) in [4.78, 5) is 17.8. The van der Waals surface area contributed by atoms with E-state index in [0.717, 1.165) is 17.4 Å². The van der Waals surface area contributed by atoms with Gasteiger partial charge in [-0.05, 0) is 50.2 Å². The van der Waals surface area contributed by atoms with Crippen LogP contribution < -0.4 is 10.6 Å². The van der Waals surface area contributed by atoms with Gasteiger partial charge in [0.05, 0.1) is 0 Å². The summed E-state index contributed by atoms with van der Waals surface area (Å²) in [7, 11) is 0. The van der Waals surface area contributed by atoms with Gasteiger partial charge >= 0.3 is 0 Å². The normalized spacial score (nSPS) is 20.8. The number of nitrogens with one attached hydrogen (secondary N) is 2. The Morgan fingerprint density at radius 3 is 2.50 bits per heavy atom. The highest BCUT2D eigenvalue weighted by Crippen LogP contribution is 2.53. The highest BCUT2D eigenvalue weighted by molar-refractivity contribution is 7.15. The first-order valence-electron chi connectivity index (χ1n) is 8.97. The molecule has 2 aromatic rings. The van der Waals surface area contributed by atoms with Crippen LogP contribution >= 0.6 is 11.3 Å². The van der Waals surface area contributed by atoms with E-state index in [1.165, 1.54) is 55.6 Å². The molecule has 1 atom stereocenters. The van der Waals surface area contributed by atoms with Gasteiger partial charge in [-0.15, -0.1) is 11.3 Å². The van der Waals surface area contributed by atoms with Crippen molar-refractivity contribution in [2.45, 2.75) is 51.5 Å². The van der Waals surface area contributed by atoms with Crippen LogP contribution in [0.2, 0.25) is 0 Å². The number of hydrogen-bond acceptors (Lipinski definition) is 4. The fourth-order valence-corrected chi connectivity index (χ4v) is 5.07. The van der Waals surface area contributed by atoms with Crippen molar-refractivity contribution >= 4 is 28.1 Å². The molecule has 138 valence electrons. The third kappa shape index (κ3) is 3.20. The van der Waals surface area contributed by atoms with E-state index < -0.39 is 11.6 Å². The Morgan fingerprint density at radius 2 is 1.88 bits per heavy atom. The Balaban J connectivity index is 1.46. The van der Waals surface area contributed by atoms with Crippen molar-refractivity contribution in [3.05, 3.63) is 40.4 Å². The van der Waals surface area contributed by atoms with Crippen molar-refractivity contribution in [1.82, 2.24) is 10.3 Å². The number of anilines is 2. The molecule has 1 spiro atoms. The third-order valence-electron chi connectivity index (χ3n) is 5.70. The topological polar surface area (TPSA) is 54.0 Å². The molecule has 2 aliphatic carbocycles. The van der Waals surface area contributed by atoms with Gasteiger partial charge in [0.25, 0.3) is 5.91 Å². The summed E-state index contributed by atoms with van der Waals surface area (Å²) in [5, 5.41) is 6.48. The lowest BCUT2D eigenvalue weighted by molar-refractivity contribution is 0.0579. The molecule has 2 N–H and O–H groups in total. The van der Waals surface area contributed by atoms with E-state index in [1.807, 2.05) is 6.92 Å². The van der Waals surface area contributed by atoms with Crippen LogP contribution in [-0.2, 0) is 0 Å². The minimum atomic E-state index is -0.661. The summed E-state index contributed by atoms with van der Waals surface area (Å²) in [5.74, 6) is -1.48. The summed E-state index contributed by atoms with van der Waals surface area (Å²) in [6, 6.07) is 3.44. The Morgan fingerprint density at radius 1 is 1.19 bits per heavy atom. The van der Waals surface area contributed by atoms with E-state index in [9.17, 15) is 13.6 Å². The highest BCUT2D eigenvalue weighted by Gasteiger charge is 2.48. The van der Waals surface area contributed by atoms with Crippen molar-refractivity contribution in [2.75, 3.05) is 5.32 Å². The molecule has 1 aromatic heterocycles. The van der Waals surface area contributed by atoms with Crippen molar-refractivity contribution in [3.8, 4) is 0 Å². The predicted octanol–water partition coefficient (Wildman–Crippen LogP) is 4.93. The first kappa shape index (κ1) is 17.4. The Bertz CT molecular complexity index is 825. The molecule has 0 bridgehead atoms. The summed E-state index contributed by atoms with van der Waals surface area (Å²) in [6.07, 6.45) is 7.13.